The van der Waals surface area contributed by atoms with Crippen molar-refractivity contribution in [2.45, 2.75) is 45.4 Å². The molecule has 2 heteroatoms. The molecule has 0 saturated heterocycles. The average molecular weight is 251 g/mol. The minimum absolute atomic E-state index is 0.486. The zero-order valence-corrected chi connectivity index (χ0v) is 12.3. The molecule has 1 nitrogen and oxygen atoms in total. The van der Waals surface area contributed by atoms with Crippen molar-refractivity contribution in [3.05, 3.63) is 35.4 Å². The first kappa shape index (κ1) is 14.6. The Morgan fingerprint density at radius 3 is 2.35 bits per heavy atom. The number of hydrogen-bond acceptors (Lipinski definition) is 2. The van der Waals surface area contributed by atoms with Gasteiger partial charge in [0, 0.05) is 17.0 Å². The lowest BCUT2D eigenvalue weighted by molar-refractivity contribution is 0.605. The Morgan fingerprint density at radius 1 is 1.18 bits per heavy atom. The number of aryl methyl sites for hydroxylation is 1. The quantitative estimate of drug-likeness (QED) is 0.780. The van der Waals surface area contributed by atoms with E-state index in [4.69, 9.17) is 0 Å². The van der Waals surface area contributed by atoms with E-state index in [0.717, 1.165) is 17.5 Å². The van der Waals surface area contributed by atoms with Crippen LogP contribution in [0.15, 0.2) is 24.3 Å². The van der Waals surface area contributed by atoms with E-state index in [1.165, 1.54) is 17.5 Å². The fraction of sp³-hybridized carbons (Fsp3) is 0.600. The normalized spacial score (nSPS) is 14.6. The highest BCUT2D eigenvalue weighted by molar-refractivity contribution is 7.99. The summed E-state index contributed by atoms with van der Waals surface area (Å²) in [4.78, 5) is 0. The first-order valence-electron chi connectivity index (χ1n) is 6.58. The molecule has 1 aromatic rings. The van der Waals surface area contributed by atoms with E-state index in [1.807, 2.05) is 0 Å². The summed E-state index contributed by atoms with van der Waals surface area (Å²) >= 11 is 2.06. The van der Waals surface area contributed by atoms with Crippen LogP contribution in [0.5, 0.6) is 0 Å². The zero-order chi connectivity index (χ0) is 12.7. The van der Waals surface area contributed by atoms with Crippen molar-refractivity contribution in [2.24, 2.45) is 0 Å². The average Bonchev–Trinajstić information content (AvgIpc) is 2.35. The fourth-order valence-corrected chi connectivity index (χ4v) is 2.76. The molecule has 96 valence electrons. The van der Waals surface area contributed by atoms with E-state index in [1.54, 1.807) is 0 Å². The molecule has 2 atom stereocenters. The first-order chi connectivity index (χ1) is 8.17. The molecule has 0 heterocycles. The molecular formula is C15H25NS. The summed E-state index contributed by atoms with van der Waals surface area (Å²) in [5.74, 6) is 1.16. The Kier molecular flexibility index (Phi) is 6.68. The smallest absolute Gasteiger partial charge is 0.0411 e. The van der Waals surface area contributed by atoms with Crippen LogP contribution in [-0.2, 0) is 0 Å². The van der Waals surface area contributed by atoms with E-state index in [0.29, 0.717) is 6.04 Å². The molecular weight excluding hydrogens is 226 g/mol. The number of thioether (sulfide) groups is 1. The number of rotatable bonds is 7. The van der Waals surface area contributed by atoms with Crippen LogP contribution in [-0.4, -0.2) is 17.5 Å². The number of hydrogen-bond donors (Lipinski definition) is 1. The van der Waals surface area contributed by atoms with E-state index >= 15 is 0 Å². The lowest BCUT2D eigenvalue weighted by Gasteiger charge is -2.20. The predicted molar refractivity (Wildman–Crippen MR) is 79.8 cm³/mol. The highest BCUT2D eigenvalue weighted by atomic mass is 32.2. The Labute approximate surface area is 110 Å². The van der Waals surface area contributed by atoms with Gasteiger partial charge in [-0.3, -0.25) is 0 Å². The Morgan fingerprint density at radius 2 is 1.82 bits per heavy atom. The highest BCUT2D eigenvalue weighted by Gasteiger charge is 2.11. The van der Waals surface area contributed by atoms with E-state index < -0.39 is 0 Å². The minimum Gasteiger partial charge on any atom is -0.310 e. The van der Waals surface area contributed by atoms with Crippen molar-refractivity contribution in [1.82, 2.24) is 5.32 Å². The van der Waals surface area contributed by atoms with Gasteiger partial charge in [0.25, 0.3) is 0 Å². The van der Waals surface area contributed by atoms with E-state index in [2.05, 4.69) is 69.0 Å². The SMILES string of the molecule is CCNC(CSC(C)CC)c1ccc(C)cc1. The molecule has 0 fully saturated rings. The van der Waals surface area contributed by atoms with Crippen molar-refractivity contribution in [3.63, 3.8) is 0 Å². The lowest BCUT2D eigenvalue weighted by Crippen LogP contribution is -2.23. The molecule has 0 radical (unpaired) electrons. The Balaban J connectivity index is 2.61. The minimum atomic E-state index is 0.486. The molecule has 0 aliphatic heterocycles. The zero-order valence-electron chi connectivity index (χ0n) is 11.5. The van der Waals surface area contributed by atoms with Crippen LogP contribution in [0, 0.1) is 6.92 Å². The summed E-state index contributed by atoms with van der Waals surface area (Å²) in [7, 11) is 0. The maximum absolute atomic E-state index is 3.58. The van der Waals surface area contributed by atoms with Crippen molar-refractivity contribution in [2.75, 3.05) is 12.3 Å². The van der Waals surface area contributed by atoms with Gasteiger partial charge in [0.15, 0.2) is 0 Å². The van der Waals surface area contributed by atoms with Crippen LogP contribution in [0.2, 0.25) is 0 Å². The second-order valence-corrected chi connectivity index (χ2v) is 6.04. The van der Waals surface area contributed by atoms with Gasteiger partial charge in [-0.05, 0) is 25.5 Å². The van der Waals surface area contributed by atoms with Gasteiger partial charge in [-0.15, -0.1) is 0 Å². The second kappa shape index (κ2) is 7.78. The second-order valence-electron chi connectivity index (χ2n) is 4.57. The van der Waals surface area contributed by atoms with Gasteiger partial charge in [-0.2, -0.15) is 11.8 Å². The van der Waals surface area contributed by atoms with Gasteiger partial charge >= 0.3 is 0 Å². The third-order valence-corrected chi connectivity index (χ3v) is 4.48. The molecule has 0 spiro atoms. The molecule has 2 unspecified atom stereocenters. The summed E-state index contributed by atoms with van der Waals surface area (Å²) in [6.07, 6.45) is 1.25. The third kappa shape index (κ3) is 5.13. The predicted octanol–water partition coefficient (Wildman–Crippen LogP) is 4.18. The molecule has 0 aromatic heterocycles. The van der Waals surface area contributed by atoms with Crippen LogP contribution < -0.4 is 5.32 Å². The van der Waals surface area contributed by atoms with Crippen molar-refractivity contribution in [3.8, 4) is 0 Å². The molecule has 0 saturated carbocycles. The Hall–Kier alpha value is -0.470. The molecule has 1 rings (SSSR count). The van der Waals surface area contributed by atoms with Crippen molar-refractivity contribution >= 4 is 11.8 Å². The summed E-state index contributed by atoms with van der Waals surface area (Å²) in [6, 6.07) is 9.39. The molecule has 1 aromatic carbocycles. The van der Waals surface area contributed by atoms with Crippen LogP contribution >= 0.6 is 11.8 Å². The molecule has 1 N–H and O–H groups in total. The van der Waals surface area contributed by atoms with Crippen LogP contribution in [0.4, 0.5) is 0 Å². The van der Waals surface area contributed by atoms with Crippen LogP contribution in [0.25, 0.3) is 0 Å². The van der Waals surface area contributed by atoms with Gasteiger partial charge in [-0.25, -0.2) is 0 Å². The Bertz CT molecular complexity index is 307. The van der Waals surface area contributed by atoms with Crippen molar-refractivity contribution in [1.29, 1.82) is 0 Å². The molecule has 17 heavy (non-hydrogen) atoms. The molecule has 0 bridgehead atoms. The summed E-state index contributed by atoms with van der Waals surface area (Å²) in [6.45, 7) is 9.91. The van der Waals surface area contributed by atoms with Gasteiger partial charge in [-0.1, -0.05) is 50.6 Å². The van der Waals surface area contributed by atoms with E-state index in [-0.39, 0.29) is 0 Å². The topological polar surface area (TPSA) is 12.0 Å². The van der Waals surface area contributed by atoms with Gasteiger partial charge < -0.3 is 5.32 Å². The van der Waals surface area contributed by atoms with Crippen LogP contribution in [0.3, 0.4) is 0 Å². The fourth-order valence-electron chi connectivity index (χ4n) is 1.70. The van der Waals surface area contributed by atoms with Gasteiger partial charge in [0.1, 0.15) is 0 Å². The maximum atomic E-state index is 3.58. The highest BCUT2D eigenvalue weighted by Crippen LogP contribution is 2.23. The van der Waals surface area contributed by atoms with Gasteiger partial charge in [0.2, 0.25) is 0 Å². The van der Waals surface area contributed by atoms with Gasteiger partial charge in [0.05, 0.1) is 0 Å². The van der Waals surface area contributed by atoms with E-state index in [9.17, 15) is 0 Å². The number of benzene rings is 1. The molecule has 0 amide bonds. The summed E-state index contributed by atoms with van der Waals surface area (Å²) in [5.41, 5.74) is 2.74. The monoisotopic (exact) mass is 251 g/mol. The maximum Gasteiger partial charge on any atom is 0.0411 e. The first-order valence-corrected chi connectivity index (χ1v) is 7.63. The van der Waals surface area contributed by atoms with Crippen LogP contribution in [0.1, 0.15) is 44.4 Å². The summed E-state index contributed by atoms with van der Waals surface area (Å²) < 4.78 is 0. The molecule has 0 aliphatic rings. The summed E-state index contributed by atoms with van der Waals surface area (Å²) in [5, 5.41) is 4.33. The third-order valence-electron chi connectivity index (χ3n) is 3.05. The van der Waals surface area contributed by atoms with Crippen molar-refractivity contribution < 1.29 is 0 Å². The molecule has 0 aliphatic carbocycles. The largest absolute Gasteiger partial charge is 0.310 e. The standard InChI is InChI=1S/C15H25NS/c1-5-13(4)17-11-15(16-6-2)14-9-7-12(3)8-10-14/h7-10,13,15-16H,5-6,11H2,1-4H3. The lowest BCUT2D eigenvalue weighted by atomic mass is 10.1. The number of nitrogens with one attached hydrogen (secondary N) is 1.